The first-order valence-electron chi connectivity index (χ1n) is 11.2. The van der Waals surface area contributed by atoms with Crippen LogP contribution >= 0.6 is 0 Å². The highest BCUT2D eigenvalue weighted by molar-refractivity contribution is 5.73. The molecule has 4 heterocycles. The van der Waals surface area contributed by atoms with Gasteiger partial charge in [0.2, 0.25) is 5.95 Å². The Balaban J connectivity index is 0.000000301. The highest BCUT2D eigenvalue weighted by Gasteiger charge is 2.39. The summed E-state index contributed by atoms with van der Waals surface area (Å²) in [7, 11) is 0. The Kier molecular flexibility index (Phi) is 11.2. The van der Waals surface area contributed by atoms with Crippen LogP contribution in [0.5, 0.6) is 0 Å². The van der Waals surface area contributed by atoms with E-state index in [0.717, 1.165) is 51.6 Å². The lowest BCUT2D eigenvalue weighted by atomic mass is 10.0. The normalized spacial score (nSPS) is 20.0. The first kappa shape index (κ1) is 30.7. The second kappa shape index (κ2) is 13.9. The number of alkyl halides is 6. The van der Waals surface area contributed by atoms with E-state index in [4.69, 9.17) is 24.5 Å². The van der Waals surface area contributed by atoms with Crippen LogP contribution < -0.4 is 4.90 Å². The molecule has 16 heteroatoms. The minimum absolute atomic E-state index is 0.300. The highest BCUT2D eigenvalue weighted by Crippen LogP contribution is 2.26. The molecule has 0 saturated carbocycles. The van der Waals surface area contributed by atoms with E-state index in [1.165, 1.54) is 5.56 Å². The van der Waals surface area contributed by atoms with Gasteiger partial charge in [0.1, 0.15) is 0 Å². The fraction of sp³-hybridized carbons (Fsp3) is 0.500. The van der Waals surface area contributed by atoms with E-state index in [-0.39, 0.29) is 0 Å². The van der Waals surface area contributed by atoms with Gasteiger partial charge in [-0.05, 0) is 36.6 Å². The highest BCUT2D eigenvalue weighted by atomic mass is 19.4. The van der Waals surface area contributed by atoms with Crippen molar-refractivity contribution in [1.82, 2.24) is 19.9 Å². The van der Waals surface area contributed by atoms with Crippen LogP contribution in [-0.2, 0) is 20.9 Å². The van der Waals surface area contributed by atoms with Gasteiger partial charge in [0, 0.05) is 57.0 Å². The number of carboxylic acid groups (broad SMARTS) is 2. The minimum Gasteiger partial charge on any atom is -0.475 e. The lowest BCUT2D eigenvalue weighted by molar-refractivity contribution is -0.193. The SMILES string of the molecule is O=C(O)C(F)(F)F.O=C(O)C(F)(F)F.c1cnc(N2CCC3OCCN(Cc4ccncc4)C3CC2)nc1. The molecule has 0 aliphatic carbocycles. The molecule has 2 aromatic heterocycles. The molecule has 2 aromatic rings. The van der Waals surface area contributed by atoms with Crippen molar-refractivity contribution in [2.75, 3.05) is 31.1 Å². The number of morpholine rings is 1. The summed E-state index contributed by atoms with van der Waals surface area (Å²) in [6, 6.07) is 6.53. The topological polar surface area (TPSA) is 129 Å². The summed E-state index contributed by atoms with van der Waals surface area (Å²) in [5.41, 5.74) is 1.32. The van der Waals surface area contributed by atoms with Crippen LogP contribution in [0.2, 0.25) is 0 Å². The summed E-state index contributed by atoms with van der Waals surface area (Å²) in [5.74, 6) is -4.68. The van der Waals surface area contributed by atoms with E-state index in [9.17, 15) is 26.3 Å². The Morgan fingerprint density at radius 1 is 0.895 bits per heavy atom. The number of nitrogens with zero attached hydrogens (tertiary/aromatic N) is 5. The molecule has 0 radical (unpaired) electrons. The van der Waals surface area contributed by atoms with Crippen molar-refractivity contribution in [3.63, 3.8) is 0 Å². The number of rotatable bonds is 3. The molecule has 2 N–H and O–H groups in total. The van der Waals surface area contributed by atoms with E-state index in [2.05, 4.69) is 36.9 Å². The van der Waals surface area contributed by atoms with Crippen molar-refractivity contribution in [3.8, 4) is 0 Å². The quantitative estimate of drug-likeness (QED) is 0.548. The first-order chi connectivity index (χ1) is 17.8. The molecule has 0 aromatic carbocycles. The fourth-order valence-corrected chi connectivity index (χ4v) is 3.73. The number of pyridine rings is 1. The molecule has 10 nitrogen and oxygen atoms in total. The Morgan fingerprint density at radius 2 is 1.42 bits per heavy atom. The second-order valence-corrected chi connectivity index (χ2v) is 8.02. The fourth-order valence-electron chi connectivity index (χ4n) is 3.73. The predicted molar refractivity (Wildman–Crippen MR) is 119 cm³/mol. The molecule has 210 valence electrons. The van der Waals surface area contributed by atoms with E-state index in [1.807, 2.05) is 30.9 Å². The molecule has 0 amide bonds. The Morgan fingerprint density at radius 3 is 1.95 bits per heavy atom. The second-order valence-electron chi connectivity index (χ2n) is 8.02. The van der Waals surface area contributed by atoms with Gasteiger partial charge in [0.15, 0.2) is 0 Å². The third-order valence-corrected chi connectivity index (χ3v) is 5.44. The van der Waals surface area contributed by atoms with Crippen LogP contribution in [0.1, 0.15) is 18.4 Å². The van der Waals surface area contributed by atoms with Crippen LogP contribution in [0.4, 0.5) is 32.3 Å². The van der Waals surface area contributed by atoms with Crippen molar-refractivity contribution in [2.24, 2.45) is 0 Å². The lowest BCUT2D eigenvalue weighted by Crippen LogP contribution is -2.50. The number of aliphatic carboxylic acids is 2. The van der Waals surface area contributed by atoms with Crippen LogP contribution in [-0.4, -0.2) is 92.7 Å². The number of carbonyl (C=O) groups is 2. The van der Waals surface area contributed by atoms with E-state index in [0.29, 0.717) is 12.1 Å². The van der Waals surface area contributed by atoms with Gasteiger partial charge >= 0.3 is 24.3 Å². The molecule has 2 fully saturated rings. The smallest absolute Gasteiger partial charge is 0.475 e. The molecule has 0 spiro atoms. The average molecular weight is 553 g/mol. The van der Waals surface area contributed by atoms with E-state index >= 15 is 0 Å². The van der Waals surface area contributed by atoms with Crippen LogP contribution in [0.15, 0.2) is 43.0 Å². The van der Waals surface area contributed by atoms with Gasteiger partial charge in [-0.2, -0.15) is 26.3 Å². The number of carboxylic acids is 2. The summed E-state index contributed by atoms with van der Waals surface area (Å²) in [6.07, 6.45) is -0.402. The Bertz CT molecular complexity index is 989. The monoisotopic (exact) mass is 553 g/mol. The zero-order chi connectivity index (χ0) is 28.3. The molecular weight excluding hydrogens is 528 g/mol. The minimum atomic E-state index is -5.08. The Labute approximate surface area is 212 Å². The van der Waals surface area contributed by atoms with E-state index in [1.54, 1.807) is 0 Å². The number of halogens is 6. The maximum atomic E-state index is 10.6. The van der Waals surface area contributed by atoms with Gasteiger partial charge in [-0.15, -0.1) is 0 Å². The molecule has 2 saturated heterocycles. The van der Waals surface area contributed by atoms with Crippen molar-refractivity contribution in [3.05, 3.63) is 48.5 Å². The van der Waals surface area contributed by atoms with Gasteiger partial charge in [-0.1, -0.05) is 0 Å². The zero-order valence-corrected chi connectivity index (χ0v) is 19.8. The van der Waals surface area contributed by atoms with Crippen molar-refractivity contribution >= 4 is 17.9 Å². The summed E-state index contributed by atoms with van der Waals surface area (Å²) in [6.45, 7) is 4.70. The van der Waals surface area contributed by atoms with Gasteiger partial charge in [0.25, 0.3) is 0 Å². The molecular formula is C22H25F6N5O5. The summed E-state index contributed by atoms with van der Waals surface area (Å²) in [4.78, 5) is 35.6. The average Bonchev–Trinajstić information content (AvgIpc) is 3.08. The number of hydrogen-bond acceptors (Lipinski definition) is 8. The molecule has 0 bridgehead atoms. The van der Waals surface area contributed by atoms with Crippen molar-refractivity contribution < 1.29 is 50.9 Å². The molecule has 2 aliphatic heterocycles. The molecule has 2 atom stereocenters. The van der Waals surface area contributed by atoms with Crippen LogP contribution in [0, 0.1) is 0 Å². The summed E-state index contributed by atoms with van der Waals surface area (Å²) < 4.78 is 69.6. The molecule has 2 aliphatic rings. The maximum absolute atomic E-state index is 10.6. The first-order valence-corrected chi connectivity index (χ1v) is 11.2. The number of hydrogen-bond donors (Lipinski definition) is 2. The summed E-state index contributed by atoms with van der Waals surface area (Å²) in [5, 5.41) is 14.2. The summed E-state index contributed by atoms with van der Waals surface area (Å²) >= 11 is 0. The van der Waals surface area contributed by atoms with Crippen LogP contribution in [0.25, 0.3) is 0 Å². The largest absolute Gasteiger partial charge is 0.490 e. The van der Waals surface area contributed by atoms with Crippen molar-refractivity contribution in [1.29, 1.82) is 0 Å². The van der Waals surface area contributed by atoms with Gasteiger partial charge in [-0.25, -0.2) is 19.6 Å². The van der Waals surface area contributed by atoms with Gasteiger partial charge < -0.3 is 19.8 Å². The molecule has 4 rings (SSSR count). The Hall–Kier alpha value is -3.53. The van der Waals surface area contributed by atoms with Gasteiger partial charge in [-0.3, -0.25) is 9.88 Å². The van der Waals surface area contributed by atoms with Crippen LogP contribution in [0.3, 0.4) is 0 Å². The third kappa shape index (κ3) is 10.1. The number of aromatic nitrogens is 3. The van der Waals surface area contributed by atoms with E-state index < -0.39 is 24.3 Å². The number of ether oxygens (including phenoxy) is 1. The predicted octanol–water partition coefficient (Wildman–Crippen LogP) is 3.01. The third-order valence-electron chi connectivity index (χ3n) is 5.44. The van der Waals surface area contributed by atoms with Crippen molar-refractivity contribution in [2.45, 2.75) is 43.9 Å². The zero-order valence-electron chi connectivity index (χ0n) is 19.8. The molecule has 38 heavy (non-hydrogen) atoms. The van der Waals surface area contributed by atoms with Gasteiger partial charge in [0.05, 0.1) is 12.7 Å². The standard InChI is InChI=1S/C18H23N5O.2C2HF3O2/c1-6-20-18(21-7-1)22-10-4-16-17(5-11-22)24-13-12-23(16)14-15-2-8-19-9-3-15;2*3-2(4,5)1(6)7/h1-3,6-9,16-17H,4-5,10-14H2;2*(H,6,7). The number of fused-ring (bicyclic) bond motifs is 1. The number of anilines is 1. The lowest BCUT2D eigenvalue weighted by Gasteiger charge is -2.40. The molecule has 2 unspecified atom stereocenters. The maximum Gasteiger partial charge on any atom is 0.490 e.